The maximum Gasteiger partial charge on any atom is 0.266 e. The fourth-order valence-corrected chi connectivity index (χ4v) is 3.05. The first-order valence-electron chi connectivity index (χ1n) is 8.43. The number of carbonyl (C=O) groups is 1. The number of nitrogens with zero attached hydrogens (tertiary/aromatic N) is 2. The second kappa shape index (κ2) is 7.71. The van der Waals surface area contributed by atoms with Crippen LogP contribution in [-0.2, 0) is 11.3 Å². The van der Waals surface area contributed by atoms with Gasteiger partial charge in [0.2, 0.25) is 0 Å². The molecule has 0 fully saturated rings. The van der Waals surface area contributed by atoms with Gasteiger partial charge in [-0.3, -0.25) is 4.79 Å². The number of aromatic nitrogens is 1. The van der Waals surface area contributed by atoms with Gasteiger partial charge in [-0.2, -0.15) is 5.26 Å². The highest BCUT2D eigenvalue weighted by Gasteiger charge is 2.16. The van der Waals surface area contributed by atoms with Crippen molar-refractivity contribution in [2.75, 3.05) is 5.32 Å². The van der Waals surface area contributed by atoms with Gasteiger partial charge in [-0.15, -0.1) is 6.58 Å². The van der Waals surface area contributed by atoms with Crippen LogP contribution in [-0.4, -0.2) is 10.5 Å². The van der Waals surface area contributed by atoms with E-state index in [2.05, 4.69) is 16.5 Å². The predicted molar refractivity (Wildman–Crippen MR) is 105 cm³/mol. The molecular formula is C22H18FN3O. The van der Waals surface area contributed by atoms with Gasteiger partial charge in [0, 0.05) is 28.7 Å². The average Bonchev–Trinajstić information content (AvgIpc) is 2.93. The Kier molecular flexibility index (Phi) is 5.18. The minimum absolute atomic E-state index is 0.0365. The highest BCUT2D eigenvalue weighted by Crippen LogP contribution is 2.28. The molecule has 0 bridgehead atoms. The second-order valence-electron chi connectivity index (χ2n) is 6.02. The standard InChI is InChI=1S/C22H18FN3O/c1-3-12-26-15(2)18(17-8-4-7-11-21(17)26)13-16(14-24)22(27)25-20-10-6-5-9-19(20)23/h3-11,13H,1,12H2,2H3,(H,25,27)/b16-13-. The number of rotatable bonds is 5. The minimum Gasteiger partial charge on any atom is -0.340 e. The molecule has 0 saturated heterocycles. The molecule has 0 spiro atoms. The zero-order chi connectivity index (χ0) is 19.4. The van der Waals surface area contributed by atoms with Crippen LogP contribution < -0.4 is 5.32 Å². The second-order valence-corrected chi connectivity index (χ2v) is 6.02. The summed E-state index contributed by atoms with van der Waals surface area (Å²) in [5.74, 6) is -1.20. The number of allylic oxidation sites excluding steroid dienone is 1. The van der Waals surface area contributed by atoms with Gasteiger partial charge in [-0.1, -0.05) is 36.4 Å². The highest BCUT2D eigenvalue weighted by atomic mass is 19.1. The van der Waals surface area contributed by atoms with Crippen LogP contribution in [0.5, 0.6) is 0 Å². The number of fused-ring (bicyclic) bond motifs is 1. The summed E-state index contributed by atoms with van der Waals surface area (Å²) in [6.07, 6.45) is 3.34. The van der Waals surface area contributed by atoms with Crippen LogP contribution in [0.1, 0.15) is 11.3 Å². The lowest BCUT2D eigenvalue weighted by Crippen LogP contribution is -2.14. The Bertz CT molecular complexity index is 1100. The largest absolute Gasteiger partial charge is 0.340 e. The van der Waals surface area contributed by atoms with E-state index in [4.69, 9.17) is 0 Å². The molecule has 134 valence electrons. The van der Waals surface area contributed by atoms with E-state index in [0.717, 1.165) is 22.2 Å². The van der Waals surface area contributed by atoms with Gasteiger partial charge in [-0.25, -0.2) is 4.39 Å². The van der Waals surface area contributed by atoms with E-state index in [-0.39, 0.29) is 11.3 Å². The molecule has 2 aromatic carbocycles. The molecule has 0 aliphatic carbocycles. The third-order valence-electron chi connectivity index (χ3n) is 4.37. The first-order valence-corrected chi connectivity index (χ1v) is 8.43. The number of hydrogen-bond donors (Lipinski definition) is 1. The summed E-state index contributed by atoms with van der Waals surface area (Å²) in [5.41, 5.74) is 2.64. The Morgan fingerprint density at radius 3 is 2.67 bits per heavy atom. The van der Waals surface area contributed by atoms with E-state index < -0.39 is 11.7 Å². The van der Waals surface area contributed by atoms with E-state index in [0.29, 0.717) is 6.54 Å². The zero-order valence-electron chi connectivity index (χ0n) is 14.9. The molecule has 3 aromatic rings. The van der Waals surface area contributed by atoms with Gasteiger partial charge in [0.1, 0.15) is 17.5 Å². The van der Waals surface area contributed by atoms with Crippen LogP contribution in [0.25, 0.3) is 17.0 Å². The number of para-hydroxylation sites is 2. The Hall–Kier alpha value is -3.65. The summed E-state index contributed by atoms with van der Waals surface area (Å²) in [4.78, 5) is 12.5. The highest BCUT2D eigenvalue weighted by molar-refractivity contribution is 6.11. The number of nitrogens with one attached hydrogen (secondary N) is 1. The lowest BCUT2D eigenvalue weighted by molar-refractivity contribution is -0.112. The Balaban J connectivity index is 2.05. The Labute approximate surface area is 156 Å². The van der Waals surface area contributed by atoms with E-state index in [9.17, 15) is 14.4 Å². The average molecular weight is 359 g/mol. The molecule has 5 heteroatoms. The van der Waals surface area contributed by atoms with E-state index >= 15 is 0 Å². The van der Waals surface area contributed by atoms with Crippen molar-refractivity contribution in [3.8, 4) is 6.07 Å². The van der Waals surface area contributed by atoms with Gasteiger partial charge in [0.05, 0.1) is 5.69 Å². The van der Waals surface area contributed by atoms with Crippen LogP contribution >= 0.6 is 0 Å². The molecule has 27 heavy (non-hydrogen) atoms. The minimum atomic E-state index is -0.650. The smallest absolute Gasteiger partial charge is 0.266 e. The number of nitriles is 1. The van der Waals surface area contributed by atoms with Crippen molar-refractivity contribution in [3.63, 3.8) is 0 Å². The van der Waals surface area contributed by atoms with Gasteiger partial charge < -0.3 is 9.88 Å². The van der Waals surface area contributed by atoms with Crippen molar-refractivity contribution < 1.29 is 9.18 Å². The van der Waals surface area contributed by atoms with Crippen molar-refractivity contribution in [2.45, 2.75) is 13.5 Å². The van der Waals surface area contributed by atoms with E-state index in [1.165, 1.54) is 18.2 Å². The molecule has 4 nitrogen and oxygen atoms in total. The van der Waals surface area contributed by atoms with Crippen molar-refractivity contribution in [1.82, 2.24) is 4.57 Å². The lowest BCUT2D eigenvalue weighted by atomic mass is 10.1. The molecule has 0 aliphatic heterocycles. The molecule has 1 amide bonds. The molecule has 0 atom stereocenters. The fourth-order valence-electron chi connectivity index (χ4n) is 3.05. The van der Waals surface area contributed by atoms with Gasteiger partial charge in [-0.05, 0) is 31.2 Å². The van der Waals surface area contributed by atoms with Crippen molar-refractivity contribution in [2.24, 2.45) is 0 Å². The van der Waals surface area contributed by atoms with E-state index in [1.807, 2.05) is 37.3 Å². The van der Waals surface area contributed by atoms with Crippen LogP contribution in [0, 0.1) is 24.1 Å². The summed E-state index contributed by atoms with van der Waals surface area (Å²) in [5, 5.41) is 12.9. The van der Waals surface area contributed by atoms with Crippen LogP contribution in [0.4, 0.5) is 10.1 Å². The summed E-state index contributed by atoms with van der Waals surface area (Å²) in [6.45, 7) is 6.33. The summed E-state index contributed by atoms with van der Waals surface area (Å²) in [6, 6.07) is 15.5. The SMILES string of the molecule is C=CCn1c(C)c(/C=C(/C#N)C(=O)Nc2ccccc2F)c2ccccc21. The number of halogens is 1. The topological polar surface area (TPSA) is 57.8 Å². The predicted octanol–water partition coefficient (Wildman–Crippen LogP) is 4.82. The molecule has 3 rings (SSSR count). The summed E-state index contributed by atoms with van der Waals surface area (Å²) in [7, 11) is 0. The molecule has 0 saturated carbocycles. The Morgan fingerprint density at radius 2 is 1.96 bits per heavy atom. The molecule has 1 aromatic heterocycles. The third kappa shape index (κ3) is 3.51. The van der Waals surface area contributed by atoms with Crippen LogP contribution in [0.2, 0.25) is 0 Å². The van der Waals surface area contributed by atoms with E-state index in [1.54, 1.807) is 18.2 Å². The number of amides is 1. The quantitative estimate of drug-likeness (QED) is 0.403. The van der Waals surface area contributed by atoms with Gasteiger partial charge in [0.25, 0.3) is 5.91 Å². The molecular weight excluding hydrogens is 341 g/mol. The summed E-state index contributed by atoms with van der Waals surface area (Å²) >= 11 is 0. The van der Waals surface area contributed by atoms with Crippen LogP contribution in [0.3, 0.4) is 0 Å². The molecule has 0 aliphatic rings. The molecule has 1 N–H and O–H groups in total. The van der Waals surface area contributed by atoms with Crippen molar-refractivity contribution in [3.05, 3.63) is 83.8 Å². The number of carbonyl (C=O) groups excluding carboxylic acids is 1. The zero-order valence-corrected chi connectivity index (χ0v) is 14.9. The number of anilines is 1. The van der Waals surface area contributed by atoms with Gasteiger partial charge in [0.15, 0.2) is 0 Å². The first kappa shape index (κ1) is 18.2. The van der Waals surface area contributed by atoms with Crippen LogP contribution in [0.15, 0.2) is 66.8 Å². The Morgan fingerprint density at radius 1 is 1.26 bits per heavy atom. The number of benzene rings is 2. The molecule has 0 unspecified atom stereocenters. The fraction of sp³-hybridized carbons (Fsp3) is 0.0909. The monoisotopic (exact) mass is 359 g/mol. The van der Waals surface area contributed by atoms with Gasteiger partial charge >= 0.3 is 0 Å². The normalized spacial score (nSPS) is 11.2. The summed E-state index contributed by atoms with van der Waals surface area (Å²) < 4.78 is 15.8. The van der Waals surface area contributed by atoms with Crippen molar-refractivity contribution in [1.29, 1.82) is 5.26 Å². The lowest BCUT2D eigenvalue weighted by Gasteiger charge is -2.06. The van der Waals surface area contributed by atoms with Crippen molar-refractivity contribution >= 4 is 28.6 Å². The third-order valence-corrected chi connectivity index (χ3v) is 4.37. The maximum absolute atomic E-state index is 13.8. The molecule has 0 radical (unpaired) electrons. The number of hydrogen-bond acceptors (Lipinski definition) is 2. The molecule has 1 heterocycles. The maximum atomic E-state index is 13.8. The first-order chi connectivity index (χ1) is 13.1.